The Bertz CT molecular complexity index is 675. The molecule has 0 aromatic heterocycles. The SMILES string of the molecule is CCS(=O)(=O)N1CCC(C(=O)NCC2CC2)(c2ccccc2)CC1. The average Bonchev–Trinajstić information content (AvgIpc) is 3.45. The number of sulfonamides is 1. The van der Waals surface area contributed by atoms with E-state index in [9.17, 15) is 13.2 Å². The second kappa shape index (κ2) is 6.84. The van der Waals surface area contributed by atoms with E-state index in [4.69, 9.17) is 0 Å². The number of piperidine rings is 1. The van der Waals surface area contributed by atoms with Gasteiger partial charge in [0.2, 0.25) is 15.9 Å². The van der Waals surface area contributed by atoms with E-state index in [0.29, 0.717) is 31.8 Å². The number of carbonyl (C=O) groups excluding carboxylic acids is 1. The van der Waals surface area contributed by atoms with Crippen LogP contribution in [0.5, 0.6) is 0 Å². The number of nitrogens with zero attached hydrogens (tertiary/aromatic N) is 1. The molecule has 2 fully saturated rings. The quantitative estimate of drug-likeness (QED) is 0.852. The molecule has 1 saturated heterocycles. The van der Waals surface area contributed by atoms with Crippen molar-refractivity contribution in [3.05, 3.63) is 35.9 Å². The first kappa shape index (κ1) is 17.4. The van der Waals surface area contributed by atoms with E-state index < -0.39 is 15.4 Å². The molecule has 1 N–H and O–H groups in total. The largest absolute Gasteiger partial charge is 0.355 e. The first-order valence-corrected chi connectivity index (χ1v) is 10.4. The number of nitrogens with one attached hydrogen (secondary N) is 1. The molecule has 132 valence electrons. The van der Waals surface area contributed by atoms with Gasteiger partial charge in [0.05, 0.1) is 11.2 Å². The molecule has 0 atom stereocenters. The number of hydrogen-bond acceptors (Lipinski definition) is 3. The van der Waals surface area contributed by atoms with Crippen molar-refractivity contribution in [1.29, 1.82) is 0 Å². The third kappa shape index (κ3) is 3.49. The van der Waals surface area contributed by atoms with Crippen molar-refractivity contribution in [1.82, 2.24) is 9.62 Å². The van der Waals surface area contributed by atoms with Crippen LogP contribution in [0.4, 0.5) is 0 Å². The molecule has 3 rings (SSSR count). The minimum absolute atomic E-state index is 0.0501. The molecule has 1 saturated carbocycles. The monoisotopic (exact) mass is 350 g/mol. The Morgan fingerprint density at radius 1 is 1.21 bits per heavy atom. The summed E-state index contributed by atoms with van der Waals surface area (Å²) in [6.07, 6.45) is 3.46. The molecule has 1 aliphatic carbocycles. The predicted octanol–water partition coefficient (Wildman–Crippen LogP) is 1.90. The second-order valence-electron chi connectivity index (χ2n) is 6.90. The van der Waals surface area contributed by atoms with Gasteiger partial charge >= 0.3 is 0 Å². The van der Waals surface area contributed by atoms with E-state index in [1.807, 2.05) is 30.3 Å². The fourth-order valence-corrected chi connectivity index (χ4v) is 4.56. The van der Waals surface area contributed by atoms with Gasteiger partial charge < -0.3 is 5.32 Å². The van der Waals surface area contributed by atoms with E-state index in [0.717, 1.165) is 12.1 Å². The van der Waals surface area contributed by atoms with Gasteiger partial charge in [0.25, 0.3) is 0 Å². The Morgan fingerprint density at radius 2 is 1.83 bits per heavy atom. The van der Waals surface area contributed by atoms with Crippen LogP contribution in [0.2, 0.25) is 0 Å². The zero-order valence-electron chi connectivity index (χ0n) is 14.2. The van der Waals surface area contributed by atoms with Gasteiger partial charge in [-0.1, -0.05) is 30.3 Å². The molecule has 2 aliphatic rings. The molecule has 0 spiro atoms. The van der Waals surface area contributed by atoms with E-state index in [1.165, 1.54) is 17.1 Å². The highest BCUT2D eigenvalue weighted by atomic mass is 32.2. The minimum atomic E-state index is -3.19. The van der Waals surface area contributed by atoms with Crippen LogP contribution in [0.3, 0.4) is 0 Å². The zero-order chi connectivity index (χ0) is 17.2. The van der Waals surface area contributed by atoms with Crippen molar-refractivity contribution >= 4 is 15.9 Å². The van der Waals surface area contributed by atoms with Crippen molar-refractivity contribution < 1.29 is 13.2 Å². The lowest BCUT2D eigenvalue weighted by molar-refractivity contribution is -0.128. The maximum absolute atomic E-state index is 13.0. The van der Waals surface area contributed by atoms with Gasteiger partial charge in [0.1, 0.15) is 0 Å². The van der Waals surface area contributed by atoms with Crippen LogP contribution < -0.4 is 5.32 Å². The lowest BCUT2D eigenvalue weighted by atomic mass is 9.72. The van der Waals surface area contributed by atoms with Crippen molar-refractivity contribution in [2.24, 2.45) is 5.92 Å². The number of rotatable bonds is 6. The summed E-state index contributed by atoms with van der Waals surface area (Å²) >= 11 is 0. The van der Waals surface area contributed by atoms with Crippen LogP contribution in [0.1, 0.15) is 38.2 Å². The van der Waals surface area contributed by atoms with E-state index >= 15 is 0 Å². The van der Waals surface area contributed by atoms with Gasteiger partial charge in [-0.25, -0.2) is 12.7 Å². The minimum Gasteiger partial charge on any atom is -0.355 e. The normalized spacial score (nSPS) is 21.4. The number of hydrogen-bond donors (Lipinski definition) is 1. The number of carbonyl (C=O) groups is 1. The highest BCUT2D eigenvalue weighted by Gasteiger charge is 2.44. The summed E-state index contributed by atoms with van der Waals surface area (Å²) in [7, 11) is -3.19. The maximum Gasteiger partial charge on any atom is 0.230 e. The fraction of sp³-hybridized carbons (Fsp3) is 0.611. The zero-order valence-corrected chi connectivity index (χ0v) is 15.0. The van der Waals surface area contributed by atoms with Crippen molar-refractivity contribution in [3.8, 4) is 0 Å². The van der Waals surface area contributed by atoms with Gasteiger partial charge in [-0.05, 0) is 44.1 Å². The summed E-state index contributed by atoms with van der Waals surface area (Å²) in [6.45, 7) is 3.21. The molecular weight excluding hydrogens is 324 g/mol. The first-order valence-electron chi connectivity index (χ1n) is 8.79. The molecular formula is C18H26N2O3S. The number of benzene rings is 1. The molecule has 6 heteroatoms. The van der Waals surface area contributed by atoms with Crippen LogP contribution in [0.25, 0.3) is 0 Å². The lowest BCUT2D eigenvalue weighted by Gasteiger charge is -2.40. The summed E-state index contributed by atoms with van der Waals surface area (Å²) in [4.78, 5) is 13.0. The number of amides is 1. The molecule has 1 aromatic rings. The van der Waals surface area contributed by atoms with Crippen molar-refractivity contribution in [2.75, 3.05) is 25.4 Å². The van der Waals surface area contributed by atoms with E-state index in [-0.39, 0.29) is 11.7 Å². The van der Waals surface area contributed by atoms with Gasteiger partial charge in [-0.15, -0.1) is 0 Å². The van der Waals surface area contributed by atoms with Gasteiger partial charge in [-0.2, -0.15) is 0 Å². The van der Waals surface area contributed by atoms with Gasteiger partial charge in [0.15, 0.2) is 0 Å². The lowest BCUT2D eigenvalue weighted by Crippen LogP contribution is -2.53. The Morgan fingerprint density at radius 3 is 2.38 bits per heavy atom. The van der Waals surface area contributed by atoms with E-state index in [2.05, 4.69) is 5.32 Å². The average molecular weight is 350 g/mol. The molecule has 5 nitrogen and oxygen atoms in total. The summed E-state index contributed by atoms with van der Waals surface area (Å²) in [5.74, 6) is 0.788. The Kier molecular flexibility index (Phi) is 4.97. The van der Waals surface area contributed by atoms with Crippen molar-refractivity contribution in [2.45, 2.75) is 38.0 Å². The maximum atomic E-state index is 13.0. The highest BCUT2D eigenvalue weighted by Crippen LogP contribution is 2.37. The molecule has 0 bridgehead atoms. The highest BCUT2D eigenvalue weighted by molar-refractivity contribution is 7.89. The molecule has 0 radical (unpaired) electrons. The summed E-state index contributed by atoms with van der Waals surface area (Å²) in [6, 6.07) is 9.80. The molecule has 1 heterocycles. The standard InChI is InChI=1S/C18H26N2O3S/c1-2-24(22,23)20-12-10-18(11-13-20,16-6-4-3-5-7-16)17(21)19-14-15-8-9-15/h3-7,15H,2,8-14H2,1H3,(H,19,21). The molecule has 1 amide bonds. The first-order chi connectivity index (χ1) is 11.5. The Balaban J connectivity index is 1.80. The Labute approximate surface area is 144 Å². The third-order valence-corrected chi connectivity index (χ3v) is 7.22. The smallest absolute Gasteiger partial charge is 0.230 e. The predicted molar refractivity (Wildman–Crippen MR) is 94.1 cm³/mol. The molecule has 1 aliphatic heterocycles. The summed E-state index contributed by atoms with van der Waals surface area (Å²) in [5, 5.41) is 3.11. The van der Waals surface area contributed by atoms with Crippen LogP contribution in [0.15, 0.2) is 30.3 Å². The van der Waals surface area contributed by atoms with Gasteiger partial charge in [0, 0.05) is 19.6 Å². The Hall–Kier alpha value is -1.40. The fourth-order valence-electron chi connectivity index (χ4n) is 3.46. The second-order valence-corrected chi connectivity index (χ2v) is 9.16. The van der Waals surface area contributed by atoms with Crippen LogP contribution >= 0.6 is 0 Å². The third-order valence-electron chi connectivity index (χ3n) is 5.34. The van der Waals surface area contributed by atoms with Crippen LogP contribution in [0, 0.1) is 5.92 Å². The van der Waals surface area contributed by atoms with Gasteiger partial charge in [-0.3, -0.25) is 4.79 Å². The van der Waals surface area contributed by atoms with E-state index in [1.54, 1.807) is 6.92 Å². The van der Waals surface area contributed by atoms with Crippen LogP contribution in [-0.2, 0) is 20.2 Å². The summed E-state index contributed by atoms with van der Waals surface area (Å²) in [5.41, 5.74) is 0.377. The van der Waals surface area contributed by atoms with Crippen LogP contribution in [-0.4, -0.2) is 44.0 Å². The topological polar surface area (TPSA) is 66.5 Å². The molecule has 24 heavy (non-hydrogen) atoms. The summed E-state index contributed by atoms with van der Waals surface area (Å²) < 4.78 is 25.8. The molecule has 1 aromatic carbocycles. The molecule has 0 unspecified atom stereocenters. The van der Waals surface area contributed by atoms with Crippen molar-refractivity contribution in [3.63, 3.8) is 0 Å².